The van der Waals surface area contributed by atoms with Crippen LogP contribution >= 0.6 is 21.2 Å². The monoisotopic (exact) mass is 306 g/mol. The molecule has 2 radical (unpaired) electrons. The molecule has 1 aromatic rings. The van der Waals surface area contributed by atoms with Crippen LogP contribution in [0.1, 0.15) is 57.2 Å². The van der Waals surface area contributed by atoms with Gasteiger partial charge in [-0.3, -0.25) is 0 Å². The van der Waals surface area contributed by atoms with Gasteiger partial charge in [0.1, 0.15) is 0 Å². The van der Waals surface area contributed by atoms with Gasteiger partial charge in [0.25, 0.3) is 0 Å². The topological polar surface area (TPSA) is 0 Å². The van der Waals surface area contributed by atoms with Gasteiger partial charge in [-0.25, -0.2) is 0 Å². The Labute approximate surface area is 126 Å². The van der Waals surface area contributed by atoms with Crippen molar-refractivity contribution in [1.82, 2.24) is 0 Å². The van der Waals surface area contributed by atoms with Crippen LogP contribution in [0.5, 0.6) is 0 Å². The first kappa shape index (κ1) is 15.1. The minimum Gasteiger partial charge on any atom is -0.155 e. The molecule has 102 valence electrons. The van der Waals surface area contributed by atoms with Crippen molar-refractivity contribution in [3.63, 3.8) is 0 Å². The molecule has 0 bridgehead atoms. The Bertz CT molecular complexity index is 495. The first-order chi connectivity index (χ1) is 9.27. The summed E-state index contributed by atoms with van der Waals surface area (Å²) in [6, 6.07) is 4.42. The summed E-state index contributed by atoms with van der Waals surface area (Å²) in [7, 11) is 4.05. The molecule has 19 heavy (non-hydrogen) atoms. The van der Waals surface area contributed by atoms with E-state index in [0.717, 1.165) is 6.42 Å². The number of unbranched alkanes of at least 4 members (excludes halogenated alkanes) is 3. The predicted octanol–water partition coefficient (Wildman–Crippen LogP) is 6.09. The average molecular weight is 307 g/mol. The number of rotatable bonds is 7. The van der Waals surface area contributed by atoms with E-state index >= 15 is 0 Å². The molecule has 0 saturated carbocycles. The summed E-state index contributed by atoms with van der Waals surface area (Å²) >= 11 is 1.87. The molecule has 1 aliphatic rings. The van der Waals surface area contributed by atoms with Gasteiger partial charge in [0.2, 0.25) is 0 Å². The maximum absolute atomic E-state index is 3.93. The molecule has 0 amide bonds. The van der Waals surface area contributed by atoms with Gasteiger partial charge in [0.15, 0.2) is 0 Å². The molecule has 0 saturated heterocycles. The number of hydrogen-bond donors (Lipinski definition) is 0. The average Bonchev–Trinajstić information content (AvgIpc) is 3.02. The highest BCUT2D eigenvalue weighted by molar-refractivity contribution is 8.28. The quantitative estimate of drug-likeness (QED) is 0.422. The van der Waals surface area contributed by atoms with Crippen LogP contribution < -0.4 is 0 Å². The maximum atomic E-state index is 3.93. The van der Waals surface area contributed by atoms with Crippen LogP contribution in [0.3, 0.4) is 0 Å². The molecule has 3 heteroatoms. The Morgan fingerprint density at radius 1 is 1.21 bits per heavy atom. The van der Waals surface area contributed by atoms with Crippen molar-refractivity contribution >= 4 is 35.1 Å². The Hall–Kier alpha value is -0.253. The fourth-order valence-corrected chi connectivity index (χ4v) is 6.46. The largest absolute Gasteiger partial charge is 0.155 e. The van der Waals surface area contributed by atoms with E-state index in [1.54, 1.807) is 16.1 Å². The molecule has 0 N–H and O–H groups in total. The zero-order chi connectivity index (χ0) is 13.7. The Balaban J connectivity index is 2.20. The third kappa shape index (κ3) is 3.64. The van der Waals surface area contributed by atoms with Gasteiger partial charge >= 0.3 is 0 Å². The summed E-state index contributed by atoms with van der Waals surface area (Å²) < 4.78 is 0. The molecule has 1 unspecified atom stereocenters. The van der Waals surface area contributed by atoms with E-state index in [-0.39, 0.29) is 9.89 Å². The zero-order valence-corrected chi connectivity index (χ0v) is 14.5. The Morgan fingerprint density at radius 3 is 2.68 bits per heavy atom. The van der Waals surface area contributed by atoms with Crippen LogP contribution in [-0.4, -0.2) is 8.95 Å². The molecule has 2 heterocycles. The van der Waals surface area contributed by atoms with Gasteiger partial charge in [-0.15, -0.1) is 11.3 Å². The van der Waals surface area contributed by atoms with Crippen molar-refractivity contribution < 1.29 is 0 Å². The van der Waals surface area contributed by atoms with Gasteiger partial charge in [0.05, 0.1) is 8.95 Å². The van der Waals surface area contributed by atoms with E-state index in [0.29, 0.717) is 0 Å². The van der Waals surface area contributed by atoms with E-state index in [4.69, 9.17) is 0 Å². The number of hydrogen-bond acceptors (Lipinski definition) is 1. The SMILES string of the molecule is CCCCCCC1=C(c2cccs2)S(=[Si])C=C1CC. The first-order valence-electron chi connectivity index (χ1n) is 7.20. The second-order valence-corrected chi connectivity index (χ2v) is 8.52. The molecule has 1 aromatic heterocycles. The number of allylic oxidation sites excluding steroid dienone is 2. The van der Waals surface area contributed by atoms with Crippen molar-refractivity contribution in [2.45, 2.75) is 52.4 Å². The molecule has 0 aliphatic carbocycles. The first-order valence-corrected chi connectivity index (χ1v) is 10.6. The maximum Gasteiger partial charge on any atom is 0.0869 e. The minimum absolute atomic E-state index is 0.126. The molecule has 0 spiro atoms. The highest BCUT2D eigenvalue weighted by Crippen LogP contribution is 2.49. The zero-order valence-electron chi connectivity index (χ0n) is 11.9. The summed E-state index contributed by atoms with van der Waals surface area (Å²) in [5.41, 5.74) is 3.19. The van der Waals surface area contributed by atoms with Gasteiger partial charge in [-0.2, -0.15) is 9.89 Å². The molecule has 1 atom stereocenters. The smallest absolute Gasteiger partial charge is 0.0869 e. The van der Waals surface area contributed by atoms with Crippen molar-refractivity contribution in [2.75, 3.05) is 0 Å². The second-order valence-electron chi connectivity index (χ2n) is 4.93. The van der Waals surface area contributed by atoms with Crippen molar-refractivity contribution in [3.8, 4) is 0 Å². The second kappa shape index (κ2) is 7.51. The van der Waals surface area contributed by atoms with Crippen LogP contribution in [0.2, 0.25) is 0 Å². The van der Waals surface area contributed by atoms with E-state index in [2.05, 4.69) is 45.7 Å². The lowest BCUT2D eigenvalue weighted by molar-refractivity contribution is 0.666. The summed E-state index contributed by atoms with van der Waals surface area (Å²) in [4.78, 5) is 3.00. The third-order valence-electron chi connectivity index (χ3n) is 3.55. The van der Waals surface area contributed by atoms with E-state index in [1.165, 1.54) is 37.0 Å². The lowest BCUT2D eigenvalue weighted by Crippen LogP contribution is -1.89. The lowest BCUT2D eigenvalue weighted by Gasteiger charge is -2.10. The van der Waals surface area contributed by atoms with Crippen LogP contribution in [0, 0.1) is 0 Å². The van der Waals surface area contributed by atoms with Crippen LogP contribution in [0.25, 0.3) is 4.91 Å². The summed E-state index contributed by atoms with van der Waals surface area (Å²) in [6.45, 7) is 4.55. The van der Waals surface area contributed by atoms with Crippen molar-refractivity contribution in [3.05, 3.63) is 38.9 Å². The molecule has 0 aromatic carbocycles. The van der Waals surface area contributed by atoms with Crippen LogP contribution in [0.15, 0.2) is 34.1 Å². The van der Waals surface area contributed by atoms with E-state index < -0.39 is 0 Å². The lowest BCUT2D eigenvalue weighted by atomic mass is 9.98. The van der Waals surface area contributed by atoms with Crippen molar-refractivity contribution in [2.24, 2.45) is 0 Å². The molecular weight excluding hydrogens is 284 g/mol. The van der Waals surface area contributed by atoms with Crippen molar-refractivity contribution in [1.29, 1.82) is 0 Å². The fraction of sp³-hybridized carbons (Fsp3) is 0.500. The van der Waals surface area contributed by atoms with Gasteiger partial charge in [-0.05, 0) is 47.3 Å². The Morgan fingerprint density at radius 2 is 2.05 bits per heavy atom. The molecule has 0 fully saturated rings. The number of thiophene rings is 1. The van der Waals surface area contributed by atoms with Crippen LogP contribution in [-0.2, 0) is 0 Å². The molecular formula is C16H22S2Si. The van der Waals surface area contributed by atoms with Gasteiger partial charge in [0, 0.05) is 9.78 Å². The standard InChI is InChI=1S/C16H22S2Si/c1-3-5-6-7-9-14-13(4-2)12-18(19)16(14)15-10-8-11-17-15/h8,10-12H,3-7,9H2,1-2H3. The molecule has 2 rings (SSSR count). The summed E-state index contributed by atoms with van der Waals surface area (Å²) in [6.07, 6.45) is 7.79. The summed E-state index contributed by atoms with van der Waals surface area (Å²) in [5.74, 6) is 0. The fourth-order valence-electron chi connectivity index (χ4n) is 2.52. The highest BCUT2D eigenvalue weighted by Gasteiger charge is 2.20. The third-order valence-corrected chi connectivity index (χ3v) is 6.96. The highest BCUT2D eigenvalue weighted by atomic mass is 32.3. The van der Waals surface area contributed by atoms with Gasteiger partial charge in [-0.1, -0.05) is 39.2 Å². The Kier molecular flexibility index (Phi) is 5.98. The normalized spacial score (nSPS) is 19.1. The molecule has 1 aliphatic heterocycles. The van der Waals surface area contributed by atoms with E-state index in [1.807, 2.05) is 11.3 Å². The van der Waals surface area contributed by atoms with E-state index in [9.17, 15) is 0 Å². The minimum atomic E-state index is 0.126. The van der Waals surface area contributed by atoms with Gasteiger partial charge < -0.3 is 0 Å². The molecule has 0 nitrogen and oxygen atoms in total. The van der Waals surface area contributed by atoms with Crippen LogP contribution in [0.4, 0.5) is 0 Å². The summed E-state index contributed by atoms with van der Waals surface area (Å²) in [5, 5.41) is 4.62. The predicted molar refractivity (Wildman–Crippen MR) is 91.7 cm³/mol.